The van der Waals surface area contributed by atoms with Crippen molar-refractivity contribution in [2.24, 2.45) is 0 Å². The van der Waals surface area contributed by atoms with Gasteiger partial charge in [0, 0.05) is 11.7 Å². The fourth-order valence-corrected chi connectivity index (χ4v) is 1.26. The molecule has 2 N–H and O–H groups in total. The van der Waals surface area contributed by atoms with E-state index in [1.54, 1.807) is 18.3 Å². The zero-order valence-electron chi connectivity index (χ0n) is 10.2. The minimum Gasteiger partial charge on any atom is -0.360 e. The van der Waals surface area contributed by atoms with Crippen LogP contribution >= 0.6 is 0 Å². The summed E-state index contributed by atoms with van der Waals surface area (Å²) in [5.41, 5.74) is 0.164. The molecule has 0 aliphatic carbocycles. The van der Waals surface area contributed by atoms with Gasteiger partial charge in [-0.3, -0.25) is 4.79 Å². The van der Waals surface area contributed by atoms with Crippen molar-refractivity contribution in [3.63, 3.8) is 0 Å². The van der Waals surface area contributed by atoms with Crippen molar-refractivity contribution in [1.29, 1.82) is 5.26 Å². The molecule has 0 fully saturated rings. The monoisotopic (exact) mass is 232 g/mol. The van der Waals surface area contributed by atoms with Gasteiger partial charge >= 0.3 is 0 Å². The minimum absolute atomic E-state index is 0.100. The van der Waals surface area contributed by atoms with Crippen molar-refractivity contribution in [3.8, 4) is 6.07 Å². The number of hydrogen-bond donors (Lipinski definition) is 2. The molecule has 0 spiro atoms. The van der Waals surface area contributed by atoms with E-state index in [0.717, 1.165) is 0 Å². The van der Waals surface area contributed by atoms with Gasteiger partial charge in [-0.1, -0.05) is 0 Å². The van der Waals surface area contributed by atoms with Crippen molar-refractivity contribution < 1.29 is 4.79 Å². The van der Waals surface area contributed by atoms with E-state index >= 15 is 0 Å². The molecule has 0 aliphatic rings. The molecule has 0 aliphatic heterocycles. The average molecular weight is 232 g/mol. The van der Waals surface area contributed by atoms with Gasteiger partial charge in [0.25, 0.3) is 0 Å². The Balaban J connectivity index is 2.57. The summed E-state index contributed by atoms with van der Waals surface area (Å²) in [6, 6.07) is 5.34. The molecule has 5 heteroatoms. The van der Waals surface area contributed by atoms with Crippen LogP contribution in [0.4, 0.5) is 5.82 Å². The Morgan fingerprint density at radius 2 is 2.24 bits per heavy atom. The maximum atomic E-state index is 11.5. The van der Waals surface area contributed by atoms with E-state index in [9.17, 15) is 4.79 Å². The number of nitrogens with one attached hydrogen (secondary N) is 2. The Bertz CT molecular complexity index is 443. The normalized spacial score (nSPS) is 10.5. The molecule has 1 aromatic heterocycles. The molecule has 0 saturated carbocycles. The number of carbonyl (C=O) groups excluding carboxylic acids is 1. The van der Waals surface area contributed by atoms with Crippen molar-refractivity contribution in [2.75, 3.05) is 11.9 Å². The number of nitriles is 1. The Labute approximate surface area is 101 Å². The fourth-order valence-electron chi connectivity index (χ4n) is 1.26. The van der Waals surface area contributed by atoms with E-state index in [1.807, 2.05) is 26.8 Å². The molecule has 1 aromatic rings. The minimum atomic E-state index is -0.263. The number of anilines is 1. The van der Waals surface area contributed by atoms with E-state index < -0.39 is 0 Å². The molecule has 0 atom stereocenters. The van der Waals surface area contributed by atoms with Crippen LogP contribution in [0.15, 0.2) is 18.3 Å². The van der Waals surface area contributed by atoms with Crippen LogP contribution in [0.2, 0.25) is 0 Å². The SMILES string of the molecule is CC(C)(C)NC(=O)CNc1ncccc1C#N. The summed E-state index contributed by atoms with van der Waals surface area (Å²) in [7, 11) is 0. The molecule has 0 saturated heterocycles. The van der Waals surface area contributed by atoms with E-state index in [1.165, 1.54) is 0 Å². The molecule has 5 nitrogen and oxygen atoms in total. The molecule has 0 radical (unpaired) electrons. The van der Waals surface area contributed by atoms with Crippen LogP contribution in [0.3, 0.4) is 0 Å². The van der Waals surface area contributed by atoms with Gasteiger partial charge in [-0.15, -0.1) is 0 Å². The molecule has 17 heavy (non-hydrogen) atoms. The first kappa shape index (κ1) is 13.0. The summed E-state index contributed by atoms with van der Waals surface area (Å²) in [4.78, 5) is 15.6. The molecule has 1 rings (SSSR count). The highest BCUT2D eigenvalue weighted by atomic mass is 16.2. The van der Waals surface area contributed by atoms with Gasteiger partial charge in [-0.2, -0.15) is 5.26 Å². The van der Waals surface area contributed by atoms with Crippen LogP contribution in [-0.4, -0.2) is 23.0 Å². The molecule has 0 unspecified atom stereocenters. The molecule has 1 amide bonds. The smallest absolute Gasteiger partial charge is 0.239 e. The highest BCUT2D eigenvalue weighted by Crippen LogP contribution is 2.08. The molecule has 90 valence electrons. The zero-order valence-corrected chi connectivity index (χ0v) is 10.2. The number of rotatable bonds is 3. The van der Waals surface area contributed by atoms with Crippen molar-refractivity contribution in [1.82, 2.24) is 10.3 Å². The summed E-state index contributed by atoms with van der Waals surface area (Å²) >= 11 is 0. The Kier molecular flexibility index (Phi) is 4.05. The first-order valence-electron chi connectivity index (χ1n) is 5.32. The fraction of sp³-hybridized carbons (Fsp3) is 0.417. The van der Waals surface area contributed by atoms with Crippen LogP contribution in [0.1, 0.15) is 26.3 Å². The number of carbonyl (C=O) groups is 1. The lowest BCUT2D eigenvalue weighted by Gasteiger charge is -2.20. The van der Waals surface area contributed by atoms with Crippen LogP contribution in [0, 0.1) is 11.3 Å². The van der Waals surface area contributed by atoms with E-state index in [2.05, 4.69) is 15.6 Å². The van der Waals surface area contributed by atoms with Crippen LogP contribution in [-0.2, 0) is 4.79 Å². The van der Waals surface area contributed by atoms with Crippen LogP contribution in [0.5, 0.6) is 0 Å². The summed E-state index contributed by atoms with van der Waals surface area (Å²) in [6.07, 6.45) is 1.57. The van der Waals surface area contributed by atoms with Gasteiger partial charge in [0.2, 0.25) is 5.91 Å². The van der Waals surface area contributed by atoms with Gasteiger partial charge in [0.1, 0.15) is 11.9 Å². The van der Waals surface area contributed by atoms with Gasteiger partial charge in [-0.25, -0.2) is 4.98 Å². The molecular formula is C12H16N4O. The third-order valence-electron chi connectivity index (χ3n) is 1.86. The number of pyridine rings is 1. The maximum Gasteiger partial charge on any atom is 0.239 e. The lowest BCUT2D eigenvalue weighted by Crippen LogP contribution is -2.43. The standard InChI is InChI=1S/C12H16N4O/c1-12(2,3)16-10(17)8-15-11-9(7-13)5-4-6-14-11/h4-6H,8H2,1-3H3,(H,14,15)(H,16,17). The Morgan fingerprint density at radius 1 is 1.53 bits per heavy atom. The lowest BCUT2D eigenvalue weighted by atomic mass is 10.1. The highest BCUT2D eigenvalue weighted by Gasteiger charge is 2.13. The highest BCUT2D eigenvalue weighted by molar-refractivity contribution is 5.81. The van der Waals surface area contributed by atoms with Crippen molar-refractivity contribution in [3.05, 3.63) is 23.9 Å². The quantitative estimate of drug-likeness (QED) is 0.823. The average Bonchev–Trinajstić information content (AvgIpc) is 2.24. The Hall–Kier alpha value is -2.09. The Morgan fingerprint density at radius 3 is 2.82 bits per heavy atom. The van der Waals surface area contributed by atoms with Gasteiger partial charge in [0.05, 0.1) is 12.1 Å². The van der Waals surface area contributed by atoms with Crippen molar-refractivity contribution in [2.45, 2.75) is 26.3 Å². The predicted octanol–water partition coefficient (Wildman–Crippen LogP) is 1.28. The van der Waals surface area contributed by atoms with Crippen LogP contribution < -0.4 is 10.6 Å². The summed E-state index contributed by atoms with van der Waals surface area (Å²) in [5.74, 6) is 0.297. The van der Waals surface area contributed by atoms with E-state index in [4.69, 9.17) is 5.26 Å². The van der Waals surface area contributed by atoms with Gasteiger partial charge < -0.3 is 10.6 Å². The summed E-state index contributed by atoms with van der Waals surface area (Å²) in [6.45, 7) is 5.83. The lowest BCUT2D eigenvalue weighted by molar-refractivity contribution is -0.120. The summed E-state index contributed by atoms with van der Waals surface area (Å²) < 4.78 is 0. The second-order valence-corrected chi connectivity index (χ2v) is 4.66. The number of aromatic nitrogens is 1. The second kappa shape index (κ2) is 5.30. The van der Waals surface area contributed by atoms with Gasteiger partial charge in [0.15, 0.2) is 0 Å². The zero-order chi connectivity index (χ0) is 12.9. The van der Waals surface area contributed by atoms with Crippen molar-refractivity contribution >= 4 is 11.7 Å². The van der Waals surface area contributed by atoms with E-state index in [-0.39, 0.29) is 18.0 Å². The molecule has 1 heterocycles. The largest absolute Gasteiger partial charge is 0.360 e. The predicted molar refractivity (Wildman–Crippen MR) is 65.3 cm³/mol. The maximum absolute atomic E-state index is 11.5. The topological polar surface area (TPSA) is 77.8 Å². The second-order valence-electron chi connectivity index (χ2n) is 4.66. The molecule has 0 aromatic carbocycles. The van der Waals surface area contributed by atoms with Crippen LogP contribution in [0.25, 0.3) is 0 Å². The number of amides is 1. The first-order chi connectivity index (χ1) is 7.92. The summed E-state index contributed by atoms with van der Waals surface area (Å²) in [5, 5.41) is 14.5. The number of hydrogen-bond acceptors (Lipinski definition) is 4. The molecule has 0 bridgehead atoms. The molecular weight excluding hydrogens is 216 g/mol. The third kappa shape index (κ3) is 4.51. The third-order valence-corrected chi connectivity index (χ3v) is 1.86. The first-order valence-corrected chi connectivity index (χ1v) is 5.32. The number of nitrogens with zero attached hydrogens (tertiary/aromatic N) is 2. The van der Waals surface area contributed by atoms with Gasteiger partial charge in [-0.05, 0) is 32.9 Å². The van der Waals surface area contributed by atoms with E-state index in [0.29, 0.717) is 11.4 Å².